The molecule has 1 saturated heterocycles. The maximum absolute atomic E-state index is 5.70. The van der Waals surface area contributed by atoms with Gasteiger partial charge >= 0.3 is 0 Å². The van der Waals surface area contributed by atoms with Crippen molar-refractivity contribution in [2.45, 2.75) is 64.7 Å². The van der Waals surface area contributed by atoms with Gasteiger partial charge in [0.25, 0.3) is 0 Å². The van der Waals surface area contributed by atoms with E-state index in [2.05, 4.69) is 6.92 Å². The summed E-state index contributed by atoms with van der Waals surface area (Å²) >= 11 is 0. The lowest BCUT2D eigenvalue weighted by molar-refractivity contribution is 0.00464. The normalized spacial score (nSPS) is 23.1. The average molecular weight is 252 g/mol. The van der Waals surface area contributed by atoms with Crippen molar-refractivity contribution in [1.29, 1.82) is 0 Å². The highest BCUT2D eigenvalue weighted by molar-refractivity contribution is 5.02. The van der Waals surface area contributed by atoms with Crippen molar-refractivity contribution in [3.63, 3.8) is 0 Å². The largest absolute Gasteiger partial charge is 0.501 e. The number of hydrogen-bond acceptors (Lipinski definition) is 2. The topological polar surface area (TPSA) is 18.5 Å². The van der Waals surface area contributed by atoms with Gasteiger partial charge in [0, 0.05) is 13.2 Å². The summed E-state index contributed by atoms with van der Waals surface area (Å²) in [6.07, 6.45) is 13.5. The Bertz CT molecular complexity index is 256. The summed E-state index contributed by atoms with van der Waals surface area (Å²) in [5, 5.41) is 0. The van der Waals surface area contributed by atoms with Gasteiger partial charge in [0.15, 0.2) is 0 Å². The number of rotatable bonds is 6. The quantitative estimate of drug-likeness (QED) is 0.513. The lowest BCUT2D eigenvalue weighted by atomic mass is 9.74. The molecule has 0 aromatic carbocycles. The molecular formula is C16H28O2. The minimum absolute atomic E-state index is 0.544. The predicted molar refractivity (Wildman–Crippen MR) is 74.5 cm³/mol. The Morgan fingerprint density at radius 1 is 1.22 bits per heavy atom. The first-order valence-electron chi connectivity index (χ1n) is 7.72. The van der Waals surface area contributed by atoms with Gasteiger partial charge in [-0.15, -0.1) is 0 Å². The molecule has 2 aliphatic rings. The summed E-state index contributed by atoms with van der Waals surface area (Å²) < 4.78 is 11.2. The zero-order valence-corrected chi connectivity index (χ0v) is 11.9. The third-order valence-electron chi connectivity index (χ3n) is 4.77. The molecule has 104 valence electrons. The van der Waals surface area contributed by atoms with Crippen molar-refractivity contribution in [2.75, 3.05) is 19.8 Å². The minimum atomic E-state index is 0.544. The van der Waals surface area contributed by atoms with Crippen LogP contribution in [0.2, 0.25) is 0 Å². The Labute approximate surface area is 112 Å². The van der Waals surface area contributed by atoms with Crippen LogP contribution in [0.15, 0.2) is 11.8 Å². The van der Waals surface area contributed by atoms with Crippen LogP contribution >= 0.6 is 0 Å². The standard InChI is InChI=1S/C16H28O2/c1-2-16(9-12-17-13-10-16)8-5-11-18-14-15-6-3-4-7-15/h14H,2-13H2,1H3. The second-order valence-electron chi connectivity index (χ2n) is 5.92. The van der Waals surface area contributed by atoms with Crippen molar-refractivity contribution in [2.24, 2.45) is 5.41 Å². The van der Waals surface area contributed by atoms with Crippen molar-refractivity contribution >= 4 is 0 Å². The Hall–Kier alpha value is -0.500. The Kier molecular flexibility index (Phi) is 5.55. The van der Waals surface area contributed by atoms with Crippen LogP contribution in [0.3, 0.4) is 0 Å². The maximum Gasteiger partial charge on any atom is 0.0873 e. The smallest absolute Gasteiger partial charge is 0.0873 e. The zero-order chi connectivity index (χ0) is 12.7. The molecule has 1 aliphatic carbocycles. The van der Waals surface area contributed by atoms with E-state index in [1.54, 1.807) is 0 Å². The first-order valence-corrected chi connectivity index (χ1v) is 7.72. The van der Waals surface area contributed by atoms with Gasteiger partial charge in [-0.2, -0.15) is 0 Å². The third kappa shape index (κ3) is 4.01. The highest BCUT2D eigenvalue weighted by Gasteiger charge is 2.29. The summed E-state index contributed by atoms with van der Waals surface area (Å²) in [5.41, 5.74) is 2.06. The summed E-state index contributed by atoms with van der Waals surface area (Å²) in [5.74, 6) is 0. The Morgan fingerprint density at radius 3 is 2.61 bits per heavy atom. The summed E-state index contributed by atoms with van der Waals surface area (Å²) in [4.78, 5) is 0. The van der Waals surface area contributed by atoms with Crippen LogP contribution in [-0.4, -0.2) is 19.8 Å². The molecule has 2 heteroatoms. The highest BCUT2D eigenvalue weighted by Crippen LogP contribution is 2.38. The molecule has 0 radical (unpaired) electrons. The van der Waals surface area contributed by atoms with Crippen LogP contribution in [0, 0.1) is 5.41 Å². The van der Waals surface area contributed by atoms with Gasteiger partial charge in [-0.25, -0.2) is 0 Å². The molecule has 2 rings (SSSR count). The van der Waals surface area contributed by atoms with E-state index in [4.69, 9.17) is 9.47 Å². The van der Waals surface area contributed by atoms with Gasteiger partial charge in [-0.3, -0.25) is 0 Å². The molecular weight excluding hydrogens is 224 g/mol. The molecule has 1 heterocycles. The number of hydrogen-bond donors (Lipinski definition) is 0. The van der Waals surface area contributed by atoms with Crippen LogP contribution in [0.5, 0.6) is 0 Å². The lowest BCUT2D eigenvalue weighted by Crippen LogP contribution is -2.29. The SMILES string of the molecule is CCC1(CCCOC=C2CCCC2)CCOCC1. The molecule has 2 nitrogen and oxygen atoms in total. The van der Waals surface area contributed by atoms with E-state index in [0.717, 1.165) is 19.8 Å². The maximum atomic E-state index is 5.70. The fraction of sp³-hybridized carbons (Fsp3) is 0.875. The van der Waals surface area contributed by atoms with Crippen LogP contribution < -0.4 is 0 Å². The van der Waals surface area contributed by atoms with E-state index in [1.807, 2.05) is 6.26 Å². The second-order valence-corrected chi connectivity index (χ2v) is 5.92. The Morgan fingerprint density at radius 2 is 1.94 bits per heavy atom. The third-order valence-corrected chi connectivity index (χ3v) is 4.77. The zero-order valence-electron chi connectivity index (χ0n) is 11.9. The summed E-state index contributed by atoms with van der Waals surface area (Å²) in [6.45, 7) is 5.14. The predicted octanol–water partition coefficient (Wildman–Crippen LogP) is 4.45. The molecule has 0 N–H and O–H groups in total. The van der Waals surface area contributed by atoms with Crippen molar-refractivity contribution in [3.05, 3.63) is 11.8 Å². The van der Waals surface area contributed by atoms with Gasteiger partial charge in [-0.05, 0) is 62.4 Å². The number of allylic oxidation sites excluding steroid dienone is 1. The van der Waals surface area contributed by atoms with Crippen LogP contribution in [0.1, 0.15) is 64.7 Å². The van der Waals surface area contributed by atoms with Gasteiger partial charge in [0.05, 0.1) is 12.9 Å². The van der Waals surface area contributed by atoms with E-state index >= 15 is 0 Å². The molecule has 0 unspecified atom stereocenters. The molecule has 0 atom stereocenters. The van der Waals surface area contributed by atoms with Gasteiger partial charge in [0.1, 0.15) is 0 Å². The summed E-state index contributed by atoms with van der Waals surface area (Å²) in [6, 6.07) is 0. The average Bonchev–Trinajstić information content (AvgIpc) is 2.93. The lowest BCUT2D eigenvalue weighted by Gasteiger charge is -2.36. The van der Waals surface area contributed by atoms with E-state index in [0.29, 0.717) is 5.41 Å². The minimum Gasteiger partial charge on any atom is -0.501 e. The van der Waals surface area contributed by atoms with E-state index < -0.39 is 0 Å². The first kappa shape index (κ1) is 13.9. The van der Waals surface area contributed by atoms with E-state index in [-0.39, 0.29) is 0 Å². The summed E-state index contributed by atoms with van der Waals surface area (Å²) in [7, 11) is 0. The second kappa shape index (κ2) is 7.18. The molecule has 0 aromatic heterocycles. The van der Waals surface area contributed by atoms with Crippen LogP contribution in [-0.2, 0) is 9.47 Å². The van der Waals surface area contributed by atoms with Gasteiger partial charge in [0.2, 0.25) is 0 Å². The van der Waals surface area contributed by atoms with Crippen LogP contribution in [0.4, 0.5) is 0 Å². The van der Waals surface area contributed by atoms with Gasteiger partial charge in [-0.1, -0.05) is 13.3 Å². The highest BCUT2D eigenvalue weighted by atomic mass is 16.5. The number of ether oxygens (including phenoxy) is 2. The molecule has 18 heavy (non-hydrogen) atoms. The molecule has 2 fully saturated rings. The molecule has 1 aliphatic heterocycles. The fourth-order valence-corrected chi connectivity index (χ4v) is 3.24. The van der Waals surface area contributed by atoms with E-state index in [1.165, 1.54) is 63.4 Å². The van der Waals surface area contributed by atoms with Crippen molar-refractivity contribution < 1.29 is 9.47 Å². The van der Waals surface area contributed by atoms with Crippen molar-refractivity contribution in [1.82, 2.24) is 0 Å². The van der Waals surface area contributed by atoms with Gasteiger partial charge < -0.3 is 9.47 Å². The van der Waals surface area contributed by atoms with E-state index in [9.17, 15) is 0 Å². The first-order chi connectivity index (χ1) is 8.85. The van der Waals surface area contributed by atoms with Crippen molar-refractivity contribution in [3.8, 4) is 0 Å². The fourth-order valence-electron chi connectivity index (χ4n) is 3.24. The molecule has 1 saturated carbocycles. The molecule has 0 aromatic rings. The molecule has 0 spiro atoms. The monoisotopic (exact) mass is 252 g/mol. The molecule has 0 amide bonds. The molecule has 0 bridgehead atoms. The Balaban J connectivity index is 1.62. The van der Waals surface area contributed by atoms with Crippen LogP contribution in [0.25, 0.3) is 0 Å².